The number of aliphatic imine (C=N–C) groups is 1. The molecule has 0 amide bonds. The maximum Gasteiger partial charge on any atom is 0.191 e. The van der Waals surface area contributed by atoms with Crippen molar-refractivity contribution in [3.8, 4) is 11.5 Å². The molecule has 0 radical (unpaired) electrons. The van der Waals surface area contributed by atoms with Crippen LogP contribution in [-0.4, -0.2) is 57.3 Å². The minimum atomic E-state index is 0.395. The zero-order chi connectivity index (χ0) is 19.8. The molecular formula is C21H36N4O2. The highest BCUT2D eigenvalue weighted by Crippen LogP contribution is 2.33. The van der Waals surface area contributed by atoms with E-state index in [2.05, 4.69) is 55.4 Å². The number of fused-ring (bicyclic) bond motifs is 1. The van der Waals surface area contributed by atoms with Gasteiger partial charge in [0.25, 0.3) is 0 Å². The van der Waals surface area contributed by atoms with Crippen LogP contribution in [0.5, 0.6) is 11.5 Å². The van der Waals surface area contributed by atoms with E-state index in [1.807, 2.05) is 0 Å². The van der Waals surface area contributed by atoms with Crippen LogP contribution < -0.4 is 20.1 Å². The Balaban J connectivity index is 1.95. The lowest BCUT2D eigenvalue weighted by Crippen LogP contribution is -2.44. The first-order chi connectivity index (χ1) is 13.0. The normalized spacial score (nSPS) is 16.0. The number of hydrogen-bond acceptors (Lipinski definition) is 4. The summed E-state index contributed by atoms with van der Waals surface area (Å²) in [5, 5.41) is 6.83. The van der Waals surface area contributed by atoms with Crippen molar-refractivity contribution >= 4 is 5.96 Å². The van der Waals surface area contributed by atoms with Crippen molar-refractivity contribution < 1.29 is 9.47 Å². The molecule has 0 fully saturated rings. The van der Waals surface area contributed by atoms with Gasteiger partial charge < -0.3 is 20.1 Å². The third-order valence-electron chi connectivity index (χ3n) is 5.19. The number of rotatable bonds is 8. The van der Waals surface area contributed by atoms with Crippen molar-refractivity contribution in [2.24, 2.45) is 10.9 Å². The van der Waals surface area contributed by atoms with Gasteiger partial charge in [-0.05, 0) is 49.4 Å². The number of guanidine groups is 1. The number of nitrogens with zero attached hydrogens (tertiary/aromatic N) is 2. The Morgan fingerprint density at radius 1 is 1.15 bits per heavy atom. The Labute approximate surface area is 164 Å². The second kappa shape index (κ2) is 10.4. The summed E-state index contributed by atoms with van der Waals surface area (Å²) in [6.45, 7) is 13.3. The molecule has 6 heteroatoms. The summed E-state index contributed by atoms with van der Waals surface area (Å²) < 4.78 is 10.9. The van der Waals surface area contributed by atoms with E-state index in [0.717, 1.165) is 56.6 Å². The van der Waals surface area contributed by atoms with E-state index in [4.69, 9.17) is 14.5 Å². The van der Waals surface area contributed by atoms with Crippen LogP contribution in [0.25, 0.3) is 0 Å². The number of ether oxygens (including phenoxy) is 2. The molecule has 6 nitrogen and oxygen atoms in total. The van der Waals surface area contributed by atoms with Gasteiger partial charge in [0.05, 0.1) is 20.8 Å². The molecule has 1 aromatic rings. The van der Waals surface area contributed by atoms with Crippen LogP contribution in [0, 0.1) is 5.92 Å². The van der Waals surface area contributed by atoms with Crippen molar-refractivity contribution in [1.29, 1.82) is 0 Å². The summed E-state index contributed by atoms with van der Waals surface area (Å²) in [6.07, 6.45) is 1.03. The molecule has 1 aliphatic heterocycles. The van der Waals surface area contributed by atoms with E-state index in [1.54, 1.807) is 14.2 Å². The van der Waals surface area contributed by atoms with Crippen LogP contribution in [0.3, 0.4) is 0 Å². The Kier molecular flexibility index (Phi) is 8.23. The van der Waals surface area contributed by atoms with Gasteiger partial charge in [0.1, 0.15) is 0 Å². The molecule has 1 heterocycles. The Morgan fingerprint density at radius 2 is 1.81 bits per heavy atom. The quantitative estimate of drug-likeness (QED) is 0.540. The van der Waals surface area contributed by atoms with Crippen LogP contribution in [-0.2, 0) is 13.0 Å². The second-order valence-corrected chi connectivity index (χ2v) is 7.44. The summed E-state index contributed by atoms with van der Waals surface area (Å²) in [4.78, 5) is 7.21. The SMILES string of the molecule is CCNC(=NCCN1CCc2cc(OC)c(OC)cc2C1)NC(C)C(C)C. The fourth-order valence-corrected chi connectivity index (χ4v) is 3.14. The van der Waals surface area contributed by atoms with E-state index in [-0.39, 0.29) is 0 Å². The molecule has 0 aliphatic carbocycles. The Morgan fingerprint density at radius 3 is 2.41 bits per heavy atom. The molecule has 1 atom stereocenters. The van der Waals surface area contributed by atoms with E-state index in [9.17, 15) is 0 Å². The molecule has 27 heavy (non-hydrogen) atoms. The standard InChI is InChI=1S/C21H36N4O2/c1-7-22-21(24-16(4)15(2)3)23-9-11-25-10-8-17-12-19(26-5)20(27-6)13-18(17)14-25/h12-13,15-16H,7-11,14H2,1-6H3,(H2,22,23,24). The largest absolute Gasteiger partial charge is 0.493 e. The van der Waals surface area contributed by atoms with Crippen LogP contribution in [0.15, 0.2) is 17.1 Å². The number of hydrogen-bond donors (Lipinski definition) is 2. The monoisotopic (exact) mass is 376 g/mol. The molecular weight excluding hydrogens is 340 g/mol. The molecule has 0 aromatic heterocycles. The molecule has 0 spiro atoms. The molecule has 1 unspecified atom stereocenters. The number of nitrogens with one attached hydrogen (secondary N) is 2. The second-order valence-electron chi connectivity index (χ2n) is 7.44. The molecule has 0 bridgehead atoms. The van der Waals surface area contributed by atoms with Gasteiger partial charge in [0.2, 0.25) is 0 Å². The van der Waals surface area contributed by atoms with Crippen LogP contribution in [0.4, 0.5) is 0 Å². The average molecular weight is 377 g/mol. The molecule has 0 saturated heterocycles. The lowest BCUT2D eigenvalue weighted by molar-refractivity contribution is 0.259. The van der Waals surface area contributed by atoms with Gasteiger partial charge in [-0.2, -0.15) is 0 Å². The minimum Gasteiger partial charge on any atom is -0.493 e. The average Bonchev–Trinajstić information content (AvgIpc) is 2.66. The van der Waals surface area contributed by atoms with Gasteiger partial charge in [-0.3, -0.25) is 9.89 Å². The summed E-state index contributed by atoms with van der Waals surface area (Å²) in [5.41, 5.74) is 2.68. The predicted molar refractivity (Wildman–Crippen MR) is 112 cm³/mol. The highest BCUT2D eigenvalue weighted by molar-refractivity contribution is 5.80. The minimum absolute atomic E-state index is 0.395. The zero-order valence-electron chi connectivity index (χ0n) is 17.8. The first-order valence-corrected chi connectivity index (χ1v) is 9.99. The number of methoxy groups -OCH3 is 2. The third kappa shape index (κ3) is 6.03. The maximum absolute atomic E-state index is 5.45. The van der Waals surface area contributed by atoms with E-state index in [0.29, 0.717) is 12.0 Å². The van der Waals surface area contributed by atoms with E-state index >= 15 is 0 Å². The highest BCUT2D eigenvalue weighted by Gasteiger charge is 2.19. The molecule has 1 aliphatic rings. The Bertz CT molecular complexity index is 631. The zero-order valence-corrected chi connectivity index (χ0v) is 17.8. The van der Waals surface area contributed by atoms with Crippen LogP contribution in [0.2, 0.25) is 0 Å². The van der Waals surface area contributed by atoms with Crippen molar-refractivity contribution in [2.45, 2.75) is 46.7 Å². The fraction of sp³-hybridized carbons (Fsp3) is 0.667. The van der Waals surface area contributed by atoms with E-state index < -0.39 is 0 Å². The summed E-state index contributed by atoms with van der Waals surface area (Å²) in [7, 11) is 3.38. The maximum atomic E-state index is 5.45. The summed E-state index contributed by atoms with van der Waals surface area (Å²) in [6, 6.07) is 4.62. The topological polar surface area (TPSA) is 58.1 Å². The molecule has 0 saturated carbocycles. The smallest absolute Gasteiger partial charge is 0.191 e. The molecule has 2 N–H and O–H groups in total. The van der Waals surface area contributed by atoms with Gasteiger partial charge in [-0.15, -0.1) is 0 Å². The van der Waals surface area contributed by atoms with Gasteiger partial charge in [0, 0.05) is 32.2 Å². The van der Waals surface area contributed by atoms with Crippen molar-refractivity contribution in [3.05, 3.63) is 23.3 Å². The summed E-state index contributed by atoms with van der Waals surface area (Å²) >= 11 is 0. The first kappa shape index (κ1) is 21.4. The Hall–Kier alpha value is -1.95. The predicted octanol–water partition coefficient (Wildman–Crippen LogP) is 2.66. The van der Waals surface area contributed by atoms with Gasteiger partial charge >= 0.3 is 0 Å². The lowest BCUT2D eigenvalue weighted by Gasteiger charge is -2.29. The highest BCUT2D eigenvalue weighted by atomic mass is 16.5. The van der Waals surface area contributed by atoms with Crippen molar-refractivity contribution in [1.82, 2.24) is 15.5 Å². The van der Waals surface area contributed by atoms with Crippen LogP contribution >= 0.6 is 0 Å². The lowest BCUT2D eigenvalue weighted by atomic mass is 9.99. The van der Waals surface area contributed by atoms with E-state index in [1.165, 1.54) is 11.1 Å². The molecule has 2 rings (SSSR count). The molecule has 1 aromatic carbocycles. The molecule has 152 valence electrons. The van der Waals surface area contributed by atoms with Crippen molar-refractivity contribution in [2.75, 3.05) is 40.4 Å². The van der Waals surface area contributed by atoms with Gasteiger partial charge in [0.15, 0.2) is 17.5 Å². The summed E-state index contributed by atoms with van der Waals surface area (Å²) in [5.74, 6) is 3.09. The fourth-order valence-electron chi connectivity index (χ4n) is 3.14. The van der Waals surface area contributed by atoms with Crippen molar-refractivity contribution in [3.63, 3.8) is 0 Å². The van der Waals surface area contributed by atoms with Crippen LogP contribution in [0.1, 0.15) is 38.8 Å². The van der Waals surface area contributed by atoms with Gasteiger partial charge in [-0.25, -0.2) is 0 Å². The van der Waals surface area contributed by atoms with Gasteiger partial charge in [-0.1, -0.05) is 13.8 Å². The number of benzene rings is 1. The first-order valence-electron chi connectivity index (χ1n) is 9.99. The third-order valence-corrected chi connectivity index (χ3v) is 5.19.